The van der Waals surface area contributed by atoms with Crippen LogP contribution in [0.1, 0.15) is 45.4 Å². The molecule has 2 N–H and O–H groups in total. The Labute approximate surface area is 168 Å². The van der Waals surface area contributed by atoms with Gasteiger partial charge >= 0.3 is 34.9 Å². The molecular weight excluding hydrogens is 410 g/mol. The van der Waals surface area contributed by atoms with Crippen molar-refractivity contribution in [1.82, 2.24) is 0 Å². The van der Waals surface area contributed by atoms with E-state index in [1.807, 2.05) is 19.1 Å². The molecule has 2 nitrogen and oxygen atoms in total. The second-order valence-corrected chi connectivity index (χ2v) is 6.03. The first-order chi connectivity index (χ1) is 10.3. The third kappa shape index (κ3) is 18.4. The van der Waals surface area contributed by atoms with Crippen molar-refractivity contribution >= 4 is 3.71 Å². The monoisotopic (exact) mass is 434 g/mol. The molecule has 0 aromatic rings. The maximum atomic E-state index is 8.47. The molecule has 0 unspecified atom stereocenters. The van der Waals surface area contributed by atoms with Gasteiger partial charge in [0.05, 0.1) is 0 Å². The van der Waals surface area contributed by atoms with Crippen LogP contribution in [0.5, 0.6) is 0 Å². The summed E-state index contributed by atoms with van der Waals surface area (Å²) < 4.78 is 2.09. The minimum Gasteiger partial charge on any atom is -1.00 e. The molecule has 2 aliphatic rings. The van der Waals surface area contributed by atoms with Gasteiger partial charge in [0.15, 0.2) is 0 Å². The zero-order chi connectivity index (χ0) is 15.8. The molecule has 0 atom stereocenters. The molecule has 23 heavy (non-hydrogen) atoms. The molecular formula is C18H26Cl2O2Zr-2. The SMILES string of the molecule is C[CH]=[Zr+2].OCCCC1=CC[C-]=C1.OCCCC1=CC[C-]=C1.[Cl-].[Cl-]. The molecule has 0 aliphatic heterocycles. The summed E-state index contributed by atoms with van der Waals surface area (Å²) >= 11 is 1.51. The van der Waals surface area contributed by atoms with Gasteiger partial charge in [0, 0.05) is 13.2 Å². The Morgan fingerprint density at radius 1 is 0.957 bits per heavy atom. The van der Waals surface area contributed by atoms with E-state index in [-0.39, 0.29) is 24.8 Å². The number of halogens is 2. The predicted octanol–water partition coefficient (Wildman–Crippen LogP) is -2.74. The van der Waals surface area contributed by atoms with Gasteiger partial charge in [0.2, 0.25) is 0 Å². The maximum Gasteiger partial charge on any atom is 0.0420 e. The van der Waals surface area contributed by atoms with Gasteiger partial charge < -0.3 is 35.0 Å². The fraction of sp³-hybridized carbons (Fsp3) is 0.500. The minimum atomic E-state index is 0. The summed E-state index contributed by atoms with van der Waals surface area (Å²) in [6.07, 6.45) is 20.2. The van der Waals surface area contributed by atoms with E-state index in [4.69, 9.17) is 10.2 Å². The second-order valence-electron chi connectivity index (χ2n) is 4.61. The van der Waals surface area contributed by atoms with Gasteiger partial charge in [-0.15, -0.1) is 12.8 Å². The van der Waals surface area contributed by atoms with Crippen molar-refractivity contribution in [3.05, 3.63) is 47.6 Å². The molecule has 0 fully saturated rings. The average Bonchev–Trinajstić information content (AvgIpc) is 3.18. The first-order valence-electron chi connectivity index (χ1n) is 7.46. The first kappa shape index (κ1) is 28.0. The Balaban J connectivity index is -0.000000277. The molecule has 0 spiro atoms. The van der Waals surface area contributed by atoms with E-state index in [1.165, 1.54) is 35.4 Å². The molecule has 130 valence electrons. The topological polar surface area (TPSA) is 40.5 Å². The summed E-state index contributed by atoms with van der Waals surface area (Å²) in [4.78, 5) is 0. The van der Waals surface area contributed by atoms with Crippen molar-refractivity contribution in [2.75, 3.05) is 13.2 Å². The molecule has 2 rings (SSSR count). The summed E-state index contributed by atoms with van der Waals surface area (Å²) in [6, 6.07) is 0. The van der Waals surface area contributed by atoms with Crippen molar-refractivity contribution in [1.29, 1.82) is 0 Å². The number of rotatable bonds is 6. The van der Waals surface area contributed by atoms with Gasteiger partial charge in [-0.1, -0.05) is 12.8 Å². The van der Waals surface area contributed by atoms with Crippen molar-refractivity contribution < 1.29 is 59.3 Å². The van der Waals surface area contributed by atoms with E-state index < -0.39 is 0 Å². The van der Waals surface area contributed by atoms with Gasteiger partial charge in [-0.05, 0) is 12.8 Å². The molecule has 2 aliphatic carbocycles. The third-order valence-electron chi connectivity index (χ3n) is 2.79. The van der Waals surface area contributed by atoms with E-state index in [1.54, 1.807) is 0 Å². The van der Waals surface area contributed by atoms with Crippen LogP contribution >= 0.6 is 0 Å². The van der Waals surface area contributed by atoms with Crippen LogP contribution in [-0.4, -0.2) is 27.1 Å². The second kappa shape index (κ2) is 22.2. The van der Waals surface area contributed by atoms with Crippen molar-refractivity contribution in [3.63, 3.8) is 0 Å². The Morgan fingerprint density at radius 3 is 1.52 bits per heavy atom. The molecule has 0 bridgehead atoms. The Bertz CT molecular complexity index is 354. The quantitative estimate of drug-likeness (QED) is 0.444. The molecule has 0 aromatic heterocycles. The van der Waals surface area contributed by atoms with Gasteiger partial charge in [0.1, 0.15) is 0 Å². The van der Waals surface area contributed by atoms with E-state index in [0.29, 0.717) is 13.2 Å². The van der Waals surface area contributed by atoms with Crippen LogP contribution in [0, 0.1) is 12.2 Å². The van der Waals surface area contributed by atoms with Crippen LogP contribution in [-0.2, 0) is 24.2 Å². The van der Waals surface area contributed by atoms with E-state index in [9.17, 15) is 0 Å². The van der Waals surface area contributed by atoms with Crippen LogP contribution in [0.3, 0.4) is 0 Å². The Kier molecular flexibility index (Phi) is 27.1. The Morgan fingerprint density at radius 2 is 1.30 bits per heavy atom. The van der Waals surface area contributed by atoms with Crippen molar-refractivity contribution in [3.8, 4) is 0 Å². The zero-order valence-electron chi connectivity index (χ0n) is 13.7. The smallest absolute Gasteiger partial charge is 0.0420 e. The van der Waals surface area contributed by atoms with E-state index in [0.717, 1.165) is 38.5 Å². The number of hydrogen-bond donors (Lipinski definition) is 2. The molecule has 0 saturated carbocycles. The standard InChI is InChI=1S/2C8H11O.C2H4.2ClH.Zr/c2*9-7-3-6-8-4-1-2-5-8;1-2;;;/h2*4-5,9H,1,3,6-7H2;1H,2H3;2*1H;/q2*-1;;;;+2/p-2. The summed E-state index contributed by atoms with van der Waals surface area (Å²) in [7, 11) is 0. The summed E-state index contributed by atoms with van der Waals surface area (Å²) in [6.45, 7) is 2.63. The summed E-state index contributed by atoms with van der Waals surface area (Å²) in [5.41, 5.74) is 2.65. The Hall–Kier alpha value is 0.213. The van der Waals surface area contributed by atoms with Crippen LogP contribution in [0.15, 0.2) is 35.5 Å². The minimum absolute atomic E-state index is 0. The summed E-state index contributed by atoms with van der Waals surface area (Å²) in [5.74, 6) is 0. The molecule has 0 saturated heterocycles. The van der Waals surface area contributed by atoms with Gasteiger partial charge in [0.25, 0.3) is 0 Å². The van der Waals surface area contributed by atoms with Gasteiger partial charge in [-0.25, -0.2) is 23.3 Å². The molecule has 0 amide bonds. The number of aliphatic hydroxyl groups is 2. The van der Waals surface area contributed by atoms with Crippen LogP contribution in [0.2, 0.25) is 0 Å². The number of hydrogen-bond acceptors (Lipinski definition) is 2. The first-order valence-corrected chi connectivity index (χ1v) is 8.88. The normalized spacial score (nSPS) is 13.4. The molecule has 5 heteroatoms. The number of allylic oxidation sites excluding steroid dienone is 8. The molecule has 0 heterocycles. The van der Waals surface area contributed by atoms with E-state index in [2.05, 4.69) is 28.0 Å². The zero-order valence-corrected chi connectivity index (χ0v) is 17.7. The predicted molar refractivity (Wildman–Crippen MR) is 85.4 cm³/mol. The summed E-state index contributed by atoms with van der Waals surface area (Å²) in [5, 5.41) is 16.9. The fourth-order valence-corrected chi connectivity index (χ4v) is 1.79. The third-order valence-corrected chi connectivity index (χ3v) is 2.79. The molecule has 0 radical (unpaired) electrons. The molecule has 0 aromatic carbocycles. The average molecular weight is 437 g/mol. The van der Waals surface area contributed by atoms with Crippen molar-refractivity contribution in [2.24, 2.45) is 0 Å². The van der Waals surface area contributed by atoms with Gasteiger partial charge in [-0.2, -0.15) is 12.2 Å². The van der Waals surface area contributed by atoms with Crippen LogP contribution < -0.4 is 24.8 Å². The fourth-order valence-electron chi connectivity index (χ4n) is 1.79. The van der Waals surface area contributed by atoms with Crippen molar-refractivity contribution in [2.45, 2.75) is 45.4 Å². The number of aliphatic hydroxyl groups excluding tert-OH is 2. The van der Waals surface area contributed by atoms with Gasteiger partial charge in [-0.3, -0.25) is 12.2 Å². The van der Waals surface area contributed by atoms with Crippen LogP contribution in [0.4, 0.5) is 0 Å². The van der Waals surface area contributed by atoms with Crippen LogP contribution in [0.25, 0.3) is 0 Å². The largest absolute Gasteiger partial charge is 1.00 e. The maximum absolute atomic E-state index is 8.47. The van der Waals surface area contributed by atoms with E-state index >= 15 is 0 Å².